The van der Waals surface area contributed by atoms with Crippen molar-refractivity contribution < 1.29 is 9.53 Å². The molecule has 22 heavy (non-hydrogen) atoms. The van der Waals surface area contributed by atoms with Crippen molar-refractivity contribution in [2.45, 2.75) is 13.8 Å². The molecule has 0 fully saturated rings. The van der Waals surface area contributed by atoms with Gasteiger partial charge in [0.1, 0.15) is 5.69 Å². The SMILES string of the molecule is CCOC(=O)c1[nH]c2ccc(Cl)cc2c1-c1ccc(C)cc1. The lowest BCUT2D eigenvalue weighted by Crippen LogP contribution is -2.06. The lowest BCUT2D eigenvalue weighted by atomic mass is 10.0. The van der Waals surface area contributed by atoms with E-state index in [2.05, 4.69) is 4.98 Å². The van der Waals surface area contributed by atoms with Gasteiger partial charge in [-0.1, -0.05) is 41.4 Å². The molecule has 0 radical (unpaired) electrons. The van der Waals surface area contributed by atoms with Crippen molar-refractivity contribution in [2.24, 2.45) is 0 Å². The van der Waals surface area contributed by atoms with Gasteiger partial charge in [-0.25, -0.2) is 4.79 Å². The second-order valence-corrected chi connectivity index (χ2v) is 5.59. The van der Waals surface area contributed by atoms with Gasteiger partial charge in [0.2, 0.25) is 0 Å². The van der Waals surface area contributed by atoms with Crippen LogP contribution >= 0.6 is 11.6 Å². The van der Waals surface area contributed by atoms with Gasteiger partial charge in [-0.3, -0.25) is 0 Å². The number of H-pyrrole nitrogens is 1. The third-order valence-corrected chi connectivity index (χ3v) is 3.82. The number of hydrogen-bond acceptors (Lipinski definition) is 2. The van der Waals surface area contributed by atoms with Crippen LogP contribution in [0.1, 0.15) is 23.0 Å². The van der Waals surface area contributed by atoms with Crippen LogP contribution in [0.25, 0.3) is 22.0 Å². The number of esters is 1. The predicted octanol–water partition coefficient (Wildman–Crippen LogP) is 4.97. The Bertz CT molecular complexity index is 834. The molecule has 0 aliphatic carbocycles. The van der Waals surface area contributed by atoms with Gasteiger partial charge in [-0.05, 0) is 37.6 Å². The summed E-state index contributed by atoms with van der Waals surface area (Å²) >= 11 is 6.12. The Morgan fingerprint density at radius 3 is 2.59 bits per heavy atom. The van der Waals surface area contributed by atoms with Crippen molar-refractivity contribution in [3.05, 3.63) is 58.7 Å². The summed E-state index contributed by atoms with van der Waals surface area (Å²) in [7, 11) is 0. The fourth-order valence-electron chi connectivity index (χ4n) is 2.54. The number of ether oxygens (including phenoxy) is 1. The molecule has 0 saturated carbocycles. The second kappa shape index (κ2) is 5.85. The van der Waals surface area contributed by atoms with Crippen molar-refractivity contribution in [1.29, 1.82) is 0 Å². The molecule has 0 bridgehead atoms. The Morgan fingerprint density at radius 2 is 1.91 bits per heavy atom. The van der Waals surface area contributed by atoms with Gasteiger partial charge >= 0.3 is 5.97 Å². The van der Waals surface area contributed by atoms with Gasteiger partial charge in [0.25, 0.3) is 0 Å². The Morgan fingerprint density at radius 1 is 1.18 bits per heavy atom. The first-order chi connectivity index (χ1) is 10.6. The highest BCUT2D eigenvalue weighted by Gasteiger charge is 2.20. The van der Waals surface area contributed by atoms with Gasteiger partial charge in [0, 0.05) is 21.5 Å². The zero-order valence-electron chi connectivity index (χ0n) is 12.4. The second-order valence-electron chi connectivity index (χ2n) is 5.15. The topological polar surface area (TPSA) is 42.1 Å². The van der Waals surface area contributed by atoms with Gasteiger partial charge < -0.3 is 9.72 Å². The summed E-state index contributed by atoms with van der Waals surface area (Å²) in [6.45, 7) is 4.16. The highest BCUT2D eigenvalue weighted by molar-refractivity contribution is 6.31. The van der Waals surface area contributed by atoms with E-state index in [0.29, 0.717) is 17.3 Å². The first kappa shape index (κ1) is 14.7. The van der Waals surface area contributed by atoms with Crippen LogP contribution in [0.5, 0.6) is 0 Å². The number of hydrogen-bond donors (Lipinski definition) is 1. The van der Waals surface area contributed by atoms with E-state index < -0.39 is 0 Å². The first-order valence-corrected chi connectivity index (χ1v) is 7.53. The quantitative estimate of drug-likeness (QED) is 0.693. The smallest absolute Gasteiger partial charge is 0.355 e. The lowest BCUT2D eigenvalue weighted by molar-refractivity contribution is 0.0521. The molecule has 0 atom stereocenters. The summed E-state index contributed by atoms with van der Waals surface area (Å²) in [4.78, 5) is 15.4. The zero-order chi connectivity index (χ0) is 15.7. The maximum absolute atomic E-state index is 12.3. The molecule has 0 aliphatic heterocycles. The van der Waals surface area contributed by atoms with Crippen molar-refractivity contribution >= 4 is 28.5 Å². The first-order valence-electron chi connectivity index (χ1n) is 7.15. The number of carbonyl (C=O) groups is 1. The summed E-state index contributed by atoms with van der Waals surface area (Å²) in [5.41, 5.74) is 4.28. The molecule has 0 unspecified atom stereocenters. The molecule has 3 aromatic rings. The number of aromatic amines is 1. The molecule has 1 N–H and O–H groups in total. The highest BCUT2D eigenvalue weighted by atomic mass is 35.5. The average molecular weight is 314 g/mol. The minimum absolute atomic E-state index is 0.336. The molecule has 3 nitrogen and oxygen atoms in total. The Kier molecular flexibility index (Phi) is 3.90. The third-order valence-electron chi connectivity index (χ3n) is 3.58. The molecule has 0 saturated heterocycles. The van der Waals surface area contributed by atoms with Gasteiger partial charge in [-0.15, -0.1) is 0 Å². The molecular weight excluding hydrogens is 298 g/mol. The van der Waals surface area contributed by atoms with Crippen LogP contribution in [0, 0.1) is 6.92 Å². The number of aryl methyl sites for hydroxylation is 1. The molecule has 0 spiro atoms. The number of aromatic nitrogens is 1. The van der Waals surface area contributed by atoms with Crippen LogP contribution in [-0.2, 0) is 4.74 Å². The van der Waals surface area contributed by atoms with Crippen LogP contribution in [0.4, 0.5) is 0 Å². The number of fused-ring (bicyclic) bond motifs is 1. The van der Waals surface area contributed by atoms with E-state index in [0.717, 1.165) is 22.0 Å². The summed E-state index contributed by atoms with van der Waals surface area (Å²) < 4.78 is 5.17. The summed E-state index contributed by atoms with van der Waals surface area (Å²) in [6.07, 6.45) is 0. The Labute approximate surface area is 133 Å². The van der Waals surface area contributed by atoms with Crippen molar-refractivity contribution in [3.8, 4) is 11.1 Å². The maximum Gasteiger partial charge on any atom is 0.355 e. The van der Waals surface area contributed by atoms with Crippen LogP contribution in [-0.4, -0.2) is 17.6 Å². The van der Waals surface area contributed by atoms with E-state index in [1.165, 1.54) is 5.56 Å². The Balaban J connectivity index is 2.27. The van der Waals surface area contributed by atoms with E-state index in [1.807, 2.05) is 43.3 Å². The van der Waals surface area contributed by atoms with E-state index in [4.69, 9.17) is 16.3 Å². The molecule has 2 aromatic carbocycles. The third kappa shape index (κ3) is 2.60. The molecule has 0 amide bonds. The summed E-state index contributed by atoms with van der Waals surface area (Å²) in [6, 6.07) is 13.6. The number of rotatable bonds is 3. The number of nitrogens with one attached hydrogen (secondary N) is 1. The van der Waals surface area contributed by atoms with E-state index in [-0.39, 0.29) is 5.97 Å². The van der Waals surface area contributed by atoms with Gasteiger partial charge in [0.05, 0.1) is 6.61 Å². The monoisotopic (exact) mass is 313 g/mol. The molecule has 1 aromatic heterocycles. The summed E-state index contributed by atoms with van der Waals surface area (Å²) in [5, 5.41) is 1.55. The fourth-order valence-corrected chi connectivity index (χ4v) is 2.71. The van der Waals surface area contributed by atoms with Crippen molar-refractivity contribution in [1.82, 2.24) is 4.98 Å². The molecule has 4 heteroatoms. The average Bonchev–Trinajstić information content (AvgIpc) is 2.87. The van der Waals surface area contributed by atoms with Crippen molar-refractivity contribution in [2.75, 3.05) is 6.61 Å². The number of benzene rings is 2. The number of carbonyl (C=O) groups excluding carboxylic acids is 1. The highest BCUT2D eigenvalue weighted by Crippen LogP contribution is 2.34. The fraction of sp³-hybridized carbons (Fsp3) is 0.167. The Hall–Kier alpha value is -2.26. The van der Waals surface area contributed by atoms with E-state index >= 15 is 0 Å². The number of halogens is 1. The van der Waals surface area contributed by atoms with E-state index in [9.17, 15) is 4.79 Å². The zero-order valence-corrected chi connectivity index (χ0v) is 13.2. The minimum Gasteiger partial charge on any atom is -0.461 e. The van der Waals surface area contributed by atoms with Crippen molar-refractivity contribution in [3.63, 3.8) is 0 Å². The van der Waals surface area contributed by atoms with Crippen LogP contribution in [0.2, 0.25) is 5.02 Å². The summed E-state index contributed by atoms with van der Waals surface area (Å²) in [5.74, 6) is -0.356. The van der Waals surface area contributed by atoms with E-state index in [1.54, 1.807) is 13.0 Å². The minimum atomic E-state index is -0.356. The van der Waals surface area contributed by atoms with Crippen LogP contribution < -0.4 is 0 Å². The predicted molar refractivity (Wildman–Crippen MR) is 89.4 cm³/mol. The normalized spacial score (nSPS) is 10.9. The molecule has 0 aliphatic rings. The molecular formula is C18H16ClNO2. The van der Waals surface area contributed by atoms with Gasteiger partial charge in [0.15, 0.2) is 0 Å². The largest absolute Gasteiger partial charge is 0.461 e. The molecule has 3 rings (SSSR count). The molecule has 112 valence electrons. The van der Waals surface area contributed by atoms with Gasteiger partial charge in [-0.2, -0.15) is 0 Å². The maximum atomic E-state index is 12.3. The standard InChI is InChI=1S/C18H16ClNO2/c1-3-22-18(21)17-16(12-6-4-11(2)5-7-12)14-10-13(19)8-9-15(14)20-17/h4-10,20H,3H2,1-2H3. The van der Waals surface area contributed by atoms with Crippen LogP contribution in [0.15, 0.2) is 42.5 Å². The molecule has 1 heterocycles. The van der Waals surface area contributed by atoms with Crippen LogP contribution in [0.3, 0.4) is 0 Å². The lowest BCUT2D eigenvalue weighted by Gasteiger charge is -2.05.